The van der Waals surface area contributed by atoms with E-state index in [2.05, 4.69) is 25.4 Å². The molecule has 1 aromatic heterocycles. The fourth-order valence-electron chi connectivity index (χ4n) is 4.44. The van der Waals surface area contributed by atoms with Crippen molar-refractivity contribution in [3.8, 4) is 11.8 Å². The van der Waals surface area contributed by atoms with E-state index in [1.54, 1.807) is 6.92 Å². The first-order valence-corrected chi connectivity index (χ1v) is 12.1. The van der Waals surface area contributed by atoms with Crippen LogP contribution in [-0.2, 0) is 0 Å². The Morgan fingerprint density at radius 3 is 2.42 bits per heavy atom. The maximum Gasteiger partial charge on any atom is 0.233 e. The summed E-state index contributed by atoms with van der Waals surface area (Å²) in [6, 6.07) is 14.7. The molecule has 0 unspecified atom stereocenters. The van der Waals surface area contributed by atoms with Gasteiger partial charge in [-0.25, -0.2) is 9.83 Å². The third-order valence-electron chi connectivity index (χ3n) is 6.43. The van der Waals surface area contributed by atoms with Crippen LogP contribution in [0.25, 0.3) is 4.85 Å². The van der Waals surface area contributed by atoms with Gasteiger partial charge in [-0.15, -0.1) is 10.2 Å². The van der Waals surface area contributed by atoms with Gasteiger partial charge in [-0.05, 0) is 43.7 Å². The third kappa shape index (κ3) is 4.19. The molecule has 0 fully saturated rings. The van der Waals surface area contributed by atoms with E-state index < -0.39 is 17.3 Å². The molecule has 0 saturated carbocycles. The van der Waals surface area contributed by atoms with Crippen molar-refractivity contribution in [2.45, 2.75) is 13.8 Å². The minimum absolute atomic E-state index is 0.0114. The van der Waals surface area contributed by atoms with E-state index in [9.17, 15) is 20.0 Å². The number of aryl methyl sites for hydroxylation is 1. The van der Waals surface area contributed by atoms with E-state index in [1.165, 1.54) is 24.3 Å². The number of fused-ring (bicyclic) bond motifs is 2. The number of nitrogens with two attached hydrogens (primary N) is 1. The lowest BCUT2D eigenvalue weighted by Crippen LogP contribution is -2.22. The number of hydrogen-bond donors (Lipinski definition) is 3. The molecule has 40 heavy (non-hydrogen) atoms. The second kappa shape index (κ2) is 9.95. The van der Waals surface area contributed by atoms with Crippen LogP contribution in [0, 0.1) is 31.8 Å². The Balaban J connectivity index is 1.72. The van der Waals surface area contributed by atoms with Gasteiger partial charge >= 0.3 is 0 Å². The summed E-state index contributed by atoms with van der Waals surface area (Å²) in [5, 5.41) is 31.7. The number of nitrogen functional groups attached to an aromatic ring is 1. The summed E-state index contributed by atoms with van der Waals surface area (Å²) in [6.45, 7) is 11.1. The minimum atomic E-state index is -0.734. The van der Waals surface area contributed by atoms with E-state index in [0.717, 1.165) is 5.56 Å². The lowest BCUT2D eigenvalue weighted by Gasteiger charge is -2.21. The second-order valence-corrected chi connectivity index (χ2v) is 9.35. The summed E-state index contributed by atoms with van der Waals surface area (Å²) >= 11 is 6.47. The summed E-state index contributed by atoms with van der Waals surface area (Å²) in [5.74, 6) is -1.58. The highest BCUT2D eigenvalue weighted by atomic mass is 35.5. The van der Waals surface area contributed by atoms with E-state index >= 15 is 0 Å². The molecule has 4 aromatic rings. The van der Waals surface area contributed by atoms with Gasteiger partial charge in [0.05, 0.1) is 39.9 Å². The summed E-state index contributed by atoms with van der Waals surface area (Å²) in [5.41, 5.74) is 7.34. The first kappa shape index (κ1) is 26.0. The molecular weight excluding hydrogens is 530 g/mol. The number of azo groups is 1. The number of rotatable bonds is 4. The fraction of sp³-hybridized carbons (Fsp3) is 0.0690. The highest BCUT2D eigenvalue weighted by Gasteiger charge is 2.37. The quantitative estimate of drug-likeness (QED) is 0.161. The molecule has 4 N–H and O–H groups in total. The normalized spacial score (nSPS) is 12.0. The molecule has 3 aromatic carbocycles. The fourth-order valence-corrected chi connectivity index (χ4v) is 4.68. The molecule has 0 spiro atoms. The predicted molar refractivity (Wildman–Crippen MR) is 149 cm³/mol. The molecule has 10 nitrogen and oxygen atoms in total. The number of ketones is 2. The average Bonchev–Trinajstić information content (AvgIpc) is 2.93. The molecule has 0 atom stereocenters. The third-order valence-corrected chi connectivity index (χ3v) is 6.72. The Kier molecular flexibility index (Phi) is 6.48. The average molecular weight is 548 g/mol. The zero-order valence-corrected chi connectivity index (χ0v) is 21.8. The van der Waals surface area contributed by atoms with Crippen molar-refractivity contribution in [1.29, 1.82) is 5.26 Å². The molecule has 1 heterocycles. The second-order valence-electron chi connectivity index (χ2n) is 8.95. The summed E-state index contributed by atoms with van der Waals surface area (Å²) in [6.07, 6.45) is 0. The number of anilines is 3. The van der Waals surface area contributed by atoms with Gasteiger partial charge < -0.3 is 16.2 Å². The van der Waals surface area contributed by atoms with Gasteiger partial charge in [-0.2, -0.15) is 5.26 Å². The molecule has 0 saturated heterocycles. The van der Waals surface area contributed by atoms with Crippen LogP contribution in [0.5, 0.6) is 5.75 Å². The number of aromatic hydroxyl groups is 1. The van der Waals surface area contributed by atoms with E-state index in [-0.39, 0.29) is 61.5 Å². The summed E-state index contributed by atoms with van der Waals surface area (Å²) < 4.78 is 0. The highest BCUT2D eigenvalue weighted by Crippen LogP contribution is 2.44. The predicted octanol–water partition coefficient (Wildman–Crippen LogP) is 7.00. The minimum Gasteiger partial charge on any atom is -0.507 e. The lowest BCUT2D eigenvalue weighted by molar-refractivity contribution is 0.0977. The number of halogens is 1. The topological polar surface area (TPSA) is 158 Å². The molecule has 0 radical (unpaired) electrons. The van der Waals surface area contributed by atoms with Crippen molar-refractivity contribution in [3.63, 3.8) is 0 Å². The number of hydrogen-bond acceptors (Lipinski definition) is 9. The van der Waals surface area contributed by atoms with Crippen LogP contribution >= 0.6 is 11.6 Å². The molecule has 1 aliphatic carbocycles. The van der Waals surface area contributed by atoms with Crippen LogP contribution < -0.4 is 11.1 Å². The maximum atomic E-state index is 13.6. The Bertz CT molecular complexity index is 1880. The van der Waals surface area contributed by atoms with Crippen LogP contribution in [0.2, 0.25) is 5.02 Å². The first-order valence-electron chi connectivity index (χ1n) is 11.8. The SMILES string of the molecule is [C-]#[N+]c1c(N)nc(Nc2ccc(C)cc2)c(N=Nc2c(Cl)cc(C#N)c3c2C(=O)c2c(O)cccc2C3=O)c1C. The van der Waals surface area contributed by atoms with Gasteiger partial charge in [0.15, 0.2) is 11.6 Å². The monoisotopic (exact) mass is 547 g/mol. The summed E-state index contributed by atoms with van der Waals surface area (Å²) in [7, 11) is 0. The number of benzene rings is 3. The smallest absolute Gasteiger partial charge is 0.233 e. The van der Waals surface area contributed by atoms with Gasteiger partial charge in [0.1, 0.15) is 22.9 Å². The Hall–Kier alpha value is -5.58. The lowest BCUT2D eigenvalue weighted by atomic mass is 9.80. The first-order chi connectivity index (χ1) is 19.2. The number of nitrogens with zero attached hydrogens (tertiary/aromatic N) is 5. The van der Waals surface area contributed by atoms with Crippen LogP contribution in [0.1, 0.15) is 48.5 Å². The number of nitriles is 1. The van der Waals surface area contributed by atoms with Gasteiger partial charge in [0, 0.05) is 11.3 Å². The van der Waals surface area contributed by atoms with Gasteiger partial charge in [-0.3, -0.25) is 9.59 Å². The maximum absolute atomic E-state index is 13.6. The Morgan fingerprint density at radius 1 is 1.05 bits per heavy atom. The molecule has 0 bridgehead atoms. The van der Waals surface area contributed by atoms with Crippen molar-refractivity contribution in [1.82, 2.24) is 4.98 Å². The number of pyridine rings is 1. The van der Waals surface area contributed by atoms with E-state index in [4.69, 9.17) is 23.9 Å². The number of carbonyl (C=O) groups excluding carboxylic acids is 2. The Labute approximate surface area is 233 Å². The molecule has 0 amide bonds. The largest absolute Gasteiger partial charge is 0.507 e. The van der Waals surface area contributed by atoms with Crippen molar-refractivity contribution in [2.24, 2.45) is 10.2 Å². The van der Waals surface area contributed by atoms with Crippen LogP contribution in [0.15, 0.2) is 58.8 Å². The van der Waals surface area contributed by atoms with Crippen molar-refractivity contribution in [3.05, 3.63) is 104 Å². The number of phenols is 1. The standard InChI is InChI=1S/C29H18ClN7O3/c1-13-7-9-16(10-8-13)34-29-24(14(2)23(33-3)28(32)35-29)36-37-25-18(30)11-15(12-31)20-22(25)27(40)21-17(26(20)39)5-4-6-19(21)38/h4-11,38H,1-2H3,(H3,32,34,35). The van der Waals surface area contributed by atoms with E-state index in [0.29, 0.717) is 11.3 Å². The summed E-state index contributed by atoms with van der Waals surface area (Å²) in [4.78, 5) is 34.8. The molecule has 0 aliphatic heterocycles. The Morgan fingerprint density at radius 2 is 1.75 bits per heavy atom. The van der Waals surface area contributed by atoms with Crippen molar-refractivity contribution in [2.75, 3.05) is 11.1 Å². The van der Waals surface area contributed by atoms with Crippen molar-refractivity contribution < 1.29 is 14.7 Å². The van der Waals surface area contributed by atoms with Gasteiger partial charge in [0.25, 0.3) is 0 Å². The molecule has 11 heteroatoms. The van der Waals surface area contributed by atoms with E-state index in [1.807, 2.05) is 37.3 Å². The molecular formula is C29H18ClN7O3. The number of carbonyl (C=O) groups is 2. The molecule has 5 rings (SSSR count). The van der Waals surface area contributed by atoms with Crippen molar-refractivity contribution >= 4 is 57.6 Å². The van der Waals surface area contributed by atoms with Gasteiger partial charge in [-0.1, -0.05) is 41.4 Å². The zero-order chi connectivity index (χ0) is 28.7. The zero-order valence-electron chi connectivity index (χ0n) is 21.1. The van der Waals surface area contributed by atoms with Gasteiger partial charge in [0.2, 0.25) is 11.5 Å². The number of phenolic OH excluding ortho intramolecular Hbond substituents is 1. The van der Waals surface area contributed by atoms with Crippen LogP contribution in [0.4, 0.5) is 34.4 Å². The number of nitrogens with one attached hydrogen (secondary N) is 1. The molecule has 1 aliphatic rings. The molecule has 194 valence electrons. The van der Waals surface area contributed by atoms with Crippen LogP contribution in [-0.4, -0.2) is 21.7 Å². The highest BCUT2D eigenvalue weighted by molar-refractivity contribution is 6.37. The number of aromatic nitrogens is 1. The van der Waals surface area contributed by atoms with Crippen LogP contribution in [0.3, 0.4) is 0 Å².